The lowest BCUT2D eigenvalue weighted by Crippen LogP contribution is -2.14. The first kappa shape index (κ1) is 19.4. The minimum atomic E-state index is -0.229. The van der Waals surface area contributed by atoms with E-state index in [9.17, 15) is 0 Å². The Labute approximate surface area is 193 Å². The Morgan fingerprint density at radius 1 is 0.576 bits per heavy atom. The highest BCUT2D eigenvalue weighted by molar-refractivity contribution is 6.21. The summed E-state index contributed by atoms with van der Waals surface area (Å²) in [7, 11) is 0. The third kappa shape index (κ3) is 3.39. The van der Waals surface area contributed by atoms with Gasteiger partial charge in [-0.2, -0.15) is 0 Å². The molecule has 0 saturated carbocycles. The molecule has 33 heavy (non-hydrogen) atoms. The molecule has 0 amide bonds. The molecule has 1 aliphatic heterocycles. The van der Waals surface area contributed by atoms with Crippen molar-refractivity contribution in [3.63, 3.8) is 0 Å². The minimum absolute atomic E-state index is 0.229. The third-order valence-corrected chi connectivity index (χ3v) is 6.30. The van der Waals surface area contributed by atoms with Crippen LogP contribution in [-0.2, 0) is 0 Å². The molecular weight excluding hydrogens is 402 g/mol. The van der Waals surface area contributed by atoms with Crippen LogP contribution in [-0.4, -0.2) is 12.7 Å². The molecule has 1 aliphatic rings. The van der Waals surface area contributed by atoms with Gasteiger partial charge in [-0.15, -0.1) is 0 Å². The Bertz CT molecular complexity index is 1540. The van der Waals surface area contributed by atoms with Crippen molar-refractivity contribution in [3.05, 3.63) is 108 Å². The number of fused-ring (bicyclic) bond motifs is 2. The molecule has 0 bridgehead atoms. The van der Waals surface area contributed by atoms with E-state index < -0.39 is 0 Å². The maximum absolute atomic E-state index is 4.53. The fourth-order valence-electron chi connectivity index (χ4n) is 4.86. The number of aryl methyl sites for hydroxylation is 1. The van der Waals surface area contributed by atoms with Crippen LogP contribution < -0.4 is 5.32 Å². The molecule has 3 nitrogen and oxygen atoms in total. The van der Waals surface area contributed by atoms with Crippen molar-refractivity contribution < 1.29 is 0 Å². The van der Waals surface area contributed by atoms with Crippen molar-refractivity contribution in [2.75, 3.05) is 0 Å². The van der Waals surface area contributed by atoms with Crippen molar-refractivity contribution in [1.82, 2.24) is 5.32 Å². The normalized spacial score (nSPS) is 13.5. The molecule has 0 unspecified atom stereocenters. The molecule has 0 aliphatic carbocycles. The highest BCUT2D eigenvalue weighted by Crippen LogP contribution is 2.44. The second kappa shape index (κ2) is 8.03. The maximum atomic E-state index is 4.53. The van der Waals surface area contributed by atoms with E-state index in [1.165, 1.54) is 49.4 Å². The van der Waals surface area contributed by atoms with E-state index in [1.54, 1.807) is 12.7 Å². The number of benzene rings is 5. The zero-order valence-electron chi connectivity index (χ0n) is 18.4. The van der Waals surface area contributed by atoms with Crippen LogP contribution in [0, 0.1) is 6.92 Å². The number of aliphatic imine (C=N–C) groups is 2. The first-order chi connectivity index (χ1) is 16.3. The molecule has 0 atom stereocenters. The molecular formula is C30H23N3. The summed E-state index contributed by atoms with van der Waals surface area (Å²) in [5, 5.41) is 7.91. The topological polar surface area (TPSA) is 36.8 Å². The average molecular weight is 426 g/mol. The summed E-state index contributed by atoms with van der Waals surface area (Å²) in [6.45, 7) is 2.15. The summed E-state index contributed by atoms with van der Waals surface area (Å²) in [4.78, 5) is 9.06. The van der Waals surface area contributed by atoms with Gasteiger partial charge < -0.3 is 5.32 Å². The lowest BCUT2D eigenvalue weighted by molar-refractivity contribution is 0.770. The zero-order valence-corrected chi connectivity index (χ0v) is 18.4. The van der Waals surface area contributed by atoms with E-state index in [4.69, 9.17) is 0 Å². The lowest BCUT2D eigenvalue weighted by atomic mass is 9.85. The first-order valence-corrected chi connectivity index (χ1v) is 11.2. The molecule has 5 aromatic rings. The van der Waals surface area contributed by atoms with Crippen LogP contribution in [0.5, 0.6) is 0 Å². The summed E-state index contributed by atoms with van der Waals surface area (Å²) in [6, 6.07) is 34.9. The predicted octanol–water partition coefficient (Wildman–Crippen LogP) is 7.29. The van der Waals surface area contributed by atoms with Gasteiger partial charge in [0.15, 0.2) is 6.17 Å². The van der Waals surface area contributed by atoms with Gasteiger partial charge in [0.25, 0.3) is 0 Å². The van der Waals surface area contributed by atoms with Crippen molar-refractivity contribution >= 4 is 34.2 Å². The van der Waals surface area contributed by atoms with E-state index in [0.29, 0.717) is 0 Å². The Kier molecular flexibility index (Phi) is 4.73. The summed E-state index contributed by atoms with van der Waals surface area (Å²) in [5.74, 6) is 0. The van der Waals surface area contributed by atoms with Gasteiger partial charge in [-0.1, -0.05) is 96.6 Å². The van der Waals surface area contributed by atoms with Crippen LogP contribution in [0.4, 0.5) is 0 Å². The van der Waals surface area contributed by atoms with Crippen LogP contribution in [0.1, 0.15) is 17.3 Å². The van der Waals surface area contributed by atoms with Crippen LogP contribution in [0.25, 0.3) is 43.8 Å². The molecule has 0 spiro atoms. The maximum Gasteiger partial charge on any atom is 0.168 e. The van der Waals surface area contributed by atoms with Crippen LogP contribution in [0.15, 0.2) is 107 Å². The van der Waals surface area contributed by atoms with E-state index in [2.05, 4.69) is 119 Å². The van der Waals surface area contributed by atoms with Crippen LogP contribution >= 0.6 is 0 Å². The molecule has 1 heterocycles. The summed E-state index contributed by atoms with van der Waals surface area (Å²) < 4.78 is 0. The van der Waals surface area contributed by atoms with E-state index in [0.717, 1.165) is 5.56 Å². The Balaban J connectivity index is 1.77. The first-order valence-electron chi connectivity index (χ1n) is 11.2. The van der Waals surface area contributed by atoms with Crippen molar-refractivity contribution in [2.24, 2.45) is 9.98 Å². The molecule has 1 N–H and O–H groups in total. The van der Waals surface area contributed by atoms with Gasteiger partial charge in [0.2, 0.25) is 0 Å². The molecule has 0 saturated heterocycles. The summed E-state index contributed by atoms with van der Waals surface area (Å²) in [5.41, 5.74) is 7.31. The summed E-state index contributed by atoms with van der Waals surface area (Å²) in [6.07, 6.45) is 3.19. The van der Waals surface area contributed by atoms with Gasteiger partial charge in [0.1, 0.15) is 0 Å². The van der Waals surface area contributed by atoms with Crippen molar-refractivity contribution in [3.8, 4) is 22.3 Å². The highest BCUT2D eigenvalue weighted by Gasteiger charge is 2.18. The van der Waals surface area contributed by atoms with Gasteiger partial charge in [0.05, 0.1) is 12.7 Å². The van der Waals surface area contributed by atoms with Gasteiger partial charge >= 0.3 is 0 Å². The fraction of sp³-hybridized carbons (Fsp3) is 0.0667. The molecule has 0 radical (unpaired) electrons. The van der Waals surface area contributed by atoms with Crippen molar-refractivity contribution in [1.29, 1.82) is 0 Å². The Morgan fingerprint density at radius 3 is 1.94 bits per heavy atom. The van der Waals surface area contributed by atoms with E-state index in [-0.39, 0.29) is 6.17 Å². The fourth-order valence-corrected chi connectivity index (χ4v) is 4.86. The molecule has 0 aromatic heterocycles. The zero-order chi connectivity index (χ0) is 22.2. The lowest BCUT2D eigenvalue weighted by Gasteiger charge is -2.20. The SMILES string of the molecule is Cc1cccc(-c2c3ccccc3c(-c3ccccc3)c3ccc(C4N=CNC=N4)cc23)c1. The standard InChI is InChI=1S/C30H23N3/c1-20-8-7-11-22(16-20)29-25-13-6-5-12-24(25)28(21-9-3-2-4-10-21)26-15-14-23(17-27(26)29)30-32-18-31-19-33-30/h2-19,30H,1H3,(H,31,32,33). The van der Waals surface area contributed by atoms with Gasteiger partial charge in [0, 0.05) is 0 Å². The Hall–Kier alpha value is -4.24. The van der Waals surface area contributed by atoms with Gasteiger partial charge in [-0.3, -0.25) is 0 Å². The number of hydrogen-bond donors (Lipinski definition) is 1. The van der Waals surface area contributed by atoms with Gasteiger partial charge in [-0.25, -0.2) is 9.98 Å². The monoisotopic (exact) mass is 425 g/mol. The van der Waals surface area contributed by atoms with E-state index >= 15 is 0 Å². The smallest absolute Gasteiger partial charge is 0.168 e. The van der Waals surface area contributed by atoms with E-state index in [1.807, 2.05) is 0 Å². The highest BCUT2D eigenvalue weighted by atomic mass is 15.1. The third-order valence-electron chi connectivity index (χ3n) is 6.30. The summed E-state index contributed by atoms with van der Waals surface area (Å²) >= 11 is 0. The molecule has 6 rings (SSSR count). The number of nitrogens with one attached hydrogen (secondary N) is 1. The second-order valence-electron chi connectivity index (χ2n) is 8.43. The number of nitrogens with zero attached hydrogens (tertiary/aromatic N) is 2. The molecule has 158 valence electrons. The predicted molar refractivity (Wildman–Crippen MR) is 140 cm³/mol. The number of hydrogen-bond acceptors (Lipinski definition) is 3. The minimum Gasteiger partial charge on any atom is -0.338 e. The van der Waals surface area contributed by atoms with Crippen molar-refractivity contribution in [2.45, 2.75) is 13.1 Å². The number of rotatable bonds is 3. The quantitative estimate of drug-likeness (QED) is 0.303. The van der Waals surface area contributed by atoms with Gasteiger partial charge in [-0.05, 0) is 62.4 Å². The molecule has 5 aromatic carbocycles. The largest absolute Gasteiger partial charge is 0.338 e. The van der Waals surface area contributed by atoms with Crippen LogP contribution in [0.3, 0.4) is 0 Å². The van der Waals surface area contributed by atoms with Crippen LogP contribution in [0.2, 0.25) is 0 Å². The second-order valence-corrected chi connectivity index (χ2v) is 8.43. The average Bonchev–Trinajstić information content (AvgIpc) is 2.88. The molecule has 3 heteroatoms. The Morgan fingerprint density at radius 2 is 1.21 bits per heavy atom. The molecule has 0 fully saturated rings.